The summed E-state index contributed by atoms with van der Waals surface area (Å²) in [4.78, 5) is 13.8. The number of nitrogens with zero attached hydrogens (tertiary/aromatic N) is 2. The van der Waals surface area contributed by atoms with Gasteiger partial charge in [0, 0.05) is 6.07 Å². The summed E-state index contributed by atoms with van der Waals surface area (Å²) < 4.78 is 18.1. The number of rotatable bonds is 3. The Kier molecular flexibility index (Phi) is 3.38. The third-order valence-electron chi connectivity index (χ3n) is 1.98. The van der Waals surface area contributed by atoms with Crippen LogP contribution in [0.4, 0.5) is 10.1 Å². The van der Waals surface area contributed by atoms with Crippen LogP contribution in [0.3, 0.4) is 0 Å². The average Bonchev–Trinajstić information content (AvgIpc) is 2.28. The highest BCUT2D eigenvalue weighted by atomic mass is 35.5. The van der Waals surface area contributed by atoms with Crippen molar-refractivity contribution >= 4 is 17.3 Å². The van der Waals surface area contributed by atoms with Gasteiger partial charge in [0.05, 0.1) is 17.1 Å². The molecule has 0 radical (unpaired) electrons. The molecule has 0 aliphatic rings. The molecule has 0 aliphatic heterocycles. The van der Waals surface area contributed by atoms with Crippen LogP contribution >= 0.6 is 11.6 Å². The number of aromatic nitrogens is 1. The van der Waals surface area contributed by atoms with Crippen molar-refractivity contribution in [3.05, 3.63) is 57.5 Å². The number of nitro groups is 1. The molecule has 0 aliphatic carbocycles. The molecule has 0 unspecified atom stereocenters. The fourth-order valence-corrected chi connectivity index (χ4v) is 1.46. The van der Waals surface area contributed by atoms with Gasteiger partial charge in [-0.15, -0.1) is 0 Å². The number of pyridine rings is 1. The highest BCUT2D eigenvalue weighted by Crippen LogP contribution is 2.26. The van der Waals surface area contributed by atoms with E-state index >= 15 is 0 Å². The van der Waals surface area contributed by atoms with Crippen LogP contribution in [-0.4, -0.2) is 9.91 Å². The van der Waals surface area contributed by atoms with Crippen LogP contribution in [0.5, 0.6) is 11.6 Å². The molecular weight excluding hydrogens is 263 g/mol. The van der Waals surface area contributed by atoms with E-state index in [2.05, 4.69) is 4.98 Å². The van der Waals surface area contributed by atoms with Crippen molar-refractivity contribution < 1.29 is 14.1 Å². The third kappa shape index (κ3) is 2.92. The molecule has 0 fully saturated rings. The van der Waals surface area contributed by atoms with Crippen LogP contribution in [0, 0.1) is 15.9 Å². The Balaban J connectivity index is 2.31. The van der Waals surface area contributed by atoms with Gasteiger partial charge in [-0.1, -0.05) is 17.7 Å². The van der Waals surface area contributed by atoms with Gasteiger partial charge in [0.15, 0.2) is 0 Å². The van der Waals surface area contributed by atoms with E-state index in [1.165, 1.54) is 18.2 Å². The van der Waals surface area contributed by atoms with Crippen LogP contribution in [-0.2, 0) is 0 Å². The summed E-state index contributed by atoms with van der Waals surface area (Å²) in [6.07, 6.45) is 0. The van der Waals surface area contributed by atoms with Crippen molar-refractivity contribution in [3.63, 3.8) is 0 Å². The Morgan fingerprint density at radius 2 is 2.11 bits per heavy atom. The first-order chi connectivity index (χ1) is 8.54. The molecule has 2 aromatic rings. The maximum Gasteiger partial charge on any atom is 0.277 e. The van der Waals surface area contributed by atoms with Gasteiger partial charge < -0.3 is 4.74 Å². The fraction of sp³-hybridized carbons (Fsp3) is 0. The second-order valence-corrected chi connectivity index (χ2v) is 3.69. The quantitative estimate of drug-likeness (QED) is 0.485. The SMILES string of the molecule is O=[N+]([O-])c1cc(Cl)nc(Oc2cccc(F)c2)c1. The van der Waals surface area contributed by atoms with Crippen LogP contribution in [0.25, 0.3) is 0 Å². The lowest BCUT2D eigenvalue weighted by Gasteiger charge is -2.04. The first kappa shape index (κ1) is 12.3. The summed E-state index contributed by atoms with van der Waals surface area (Å²) in [6, 6.07) is 7.53. The molecule has 18 heavy (non-hydrogen) atoms. The number of benzene rings is 1. The van der Waals surface area contributed by atoms with E-state index in [1.807, 2.05) is 0 Å². The number of ether oxygens (including phenoxy) is 1. The molecule has 0 spiro atoms. The number of hydrogen-bond donors (Lipinski definition) is 0. The smallest absolute Gasteiger partial charge is 0.277 e. The molecule has 0 N–H and O–H groups in total. The van der Waals surface area contributed by atoms with Crippen molar-refractivity contribution in [3.8, 4) is 11.6 Å². The standard InChI is InChI=1S/C11H6ClFN2O3/c12-10-5-8(15(16)17)6-11(14-10)18-9-3-1-2-7(13)4-9/h1-6H. The summed E-state index contributed by atoms with van der Waals surface area (Å²) in [5, 5.41) is 10.5. The molecule has 0 bridgehead atoms. The molecule has 1 heterocycles. The van der Waals surface area contributed by atoms with Gasteiger partial charge in [-0.3, -0.25) is 10.1 Å². The monoisotopic (exact) mass is 268 g/mol. The summed E-state index contributed by atoms with van der Waals surface area (Å²) in [5.74, 6) is -0.372. The summed E-state index contributed by atoms with van der Waals surface area (Å²) in [6.45, 7) is 0. The van der Waals surface area contributed by atoms with Crippen molar-refractivity contribution in [1.29, 1.82) is 0 Å². The molecule has 5 nitrogen and oxygen atoms in total. The largest absolute Gasteiger partial charge is 0.439 e. The van der Waals surface area contributed by atoms with E-state index in [-0.39, 0.29) is 22.5 Å². The molecule has 0 saturated carbocycles. The maximum atomic E-state index is 12.9. The Bertz CT molecular complexity index is 607. The van der Waals surface area contributed by atoms with E-state index in [0.29, 0.717) is 0 Å². The average molecular weight is 269 g/mol. The van der Waals surface area contributed by atoms with Gasteiger partial charge in [-0.25, -0.2) is 9.37 Å². The van der Waals surface area contributed by atoms with E-state index < -0.39 is 10.7 Å². The molecule has 2 rings (SSSR count). The molecule has 92 valence electrons. The van der Waals surface area contributed by atoms with Crippen molar-refractivity contribution in [1.82, 2.24) is 4.98 Å². The first-order valence-corrected chi connectivity index (χ1v) is 5.18. The summed E-state index contributed by atoms with van der Waals surface area (Å²) >= 11 is 5.62. The van der Waals surface area contributed by atoms with Crippen LogP contribution < -0.4 is 4.74 Å². The second-order valence-electron chi connectivity index (χ2n) is 3.30. The number of halogens is 2. The predicted molar refractivity (Wildman–Crippen MR) is 62.4 cm³/mol. The minimum Gasteiger partial charge on any atom is -0.439 e. The molecular formula is C11H6ClFN2O3. The van der Waals surface area contributed by atoms with Gasteiger partial charge >= 0.3 is 0 Å². The van der Waals surface area contributed by atoms with Crippen LogP contribution in [0.15, 0.2) is 36.4 Å². The van der Waals surface area contributed by atoms with E-state index in [9.17, 15) is 14.5 Å². The van der Waals surface area contributed by atoms with Crippen LogP contribution in [0.1, 0.15) is 0 Å². The lowest BCUT2D eigenvalue weighted by atomic mass is 10.3. The first-order valence-electron chi connectivity index (χ1n) is 4.80. The van der Waals surface area contributed by atoms with Gasteiger partial charge in [0.1, 0.15) is 16.7 Å². The molecule has 1 aromatic heterocycles. The Morgan fingerprint density at radius 3 is 2.78 bits per heavy atom. The Labute approximate surface area is 106 Å². The topological polar surface area (TPSA) is 65.3 Å². The molecule has 0 amide bonds. The van der Waals surface area contributed by atoms with E-state index in [4.69, 9.17) is 16.3 Å². The normalized spacial score (nSPS) is 10.1. The second kappa shape index (κ2) is 4.97. The molecule has 0 atom stereocenters. The van der Waals surface area contributed by atoms with E-state index in [0.717, 1.165) is 18.2 Å². The highest BCUT2D eigenvalue weighted by Gasteiger charge is 2.11. The molecule has 0 saturated heterocycles. The molecule has 7 heteroatoms. The van der Waals surface area contributed by atoms with Crippen LogP contribution in [0.2, 0.25) is 5.15 Å². The zero-order valence-electron chi connectivity index (χ0n) is 8.84. The summed E-state index contributed by atoms with van der Waals surface area (Å²) in [7, 11) is 0. The van der Waals surface area contributed by atoms with Gasteiger partial charge in [0.2, 0.25) is 5.88 Å². The lowest BCUT2D eigenvalue weighted by Crippen LogP contribution is -1.93. The van der Waals surface area contributed by atoms with Crippen molar-refractivity contribution in [2.45, 2.75) is 0 Å². The molecule has 1 aromatic carbocycles. The van der Waals surface area contributed by atoms with Crippen molar-refractivity contribution in [2.75, 3.05) is 0 Å². The highest BCUT2D eigenvalue weighted by molar-refractivity contribution is 6.29. The predicted octanol–water partition coefficient (Wildman–Crippen LogP) is 3.57. The zero-order valence-corrected chi connectivity index (χ0v) is 9.60. The fourth-order valence-electron chi connectivity index (χ4n) is 1.27. The van der Waals surface area contributed by atoms with E-state index in [1.54, 1.807) is 0 Å². The van der Waals surface area contributed by atoms with Gasteiger partial charge in [-0.2, -0.15) is 0 Å². The zero-order chi connectivity index (χ0) is 13.1. The number of hydrogen-bond acceptors (Lipinski definition) is 4. The van der Waals surface area contributed by atoms with Gasteiger partial charge in [-0.05, 0) is 12.1 Å². The van der Waals surface area contributed by atoms with Gasteiger partial charge in [0.25, 0.3) is 5.69 Å². The minimum atomic E-state index is -0.619. The third-order valence-corrected chi connectivity index (χ3v) is 2.18. The minimum absolute atomic E-state index is 0.0696. The van der Waals surface area contributed by atoms with Crippen molar-refractivity contribution in [2.24, 2.45) is 0 Å². The maximum absolute atomic E-state index is 12.9. The summed E-state index contributed by atoms with van der Waals surface area (Å²) in [5.41, 5.74) is -0.249. The Morgan fingerprint density at radius 1 is 1.33 bits per heavy atom. The Hall–Kier alpha value is -2.21. The lowest BCUT2D eigenvalue weighted by molar-refractivity contribution is -0.385.